The molecule has 1 unspecified atom stereocenters. The van der Waals surface area contributed by atoms with E-state index in [0.29, 0.717) is 0 Å². The molecular weight excluding hydrogens is 250 g/mol. The Labute approximate surface area is 95.6 Å². The van der Waals surface area contributed by atoms with Crippen molar-refractivity contribution in [3.05, 3.63) is 0 Å². The Kier molecular flexibility index (Phi) is 1.66. The Balaban J connectivity index is 1.99. The summed E-state index contributed by atoms with van der Waals surface area (Å²) in [6.45, 7) is 1.79. The summed E-state index contributed by atoms with van der Waals surface area (Å²) in [6.07, 6.45) is -1.43. The molecule has 2 aliphatic heterocycles. The first kappa shape index (κ1) is 9.67. The van der Waals surface area contributed by atoms with Gasteiger partial charge in [0, 0.05) is 0 Å². The highest BCUT2D eigenvalue weighted by atomic mass is 35.6. The highest BCUT2D eigenvalue weighted by molar-refractivity contribution is 6.68. The lowest BCUT2D eigenvalue weighted by Gasteiger charge is -2.34. The fraction of sp³-hybridized carbons (Fsp3) is 0.875. The van der Waals surface area contributed by atoms with Gasteiger partial charge in [0.25, 0.3) is 0 Å². The van der Waals surface area contributed by atoms with Gasteiger partial charge in [0.15, 0.2) is 5.78 Å². The first-order valence-corrected chi connectivity index (χ1v) is 5.42. The van der Waals surface area contributed by atoms with Crippen LogP contribution >= 0.6 is 34.8 Å². The van der Waals surface area contributed by atoms with Crippen molar-refractivity contribution in [2.45, 2.75) is 35.1 Å². The molecule has 2 heterocycles. The Morgan fingerprint density at radius 2 is 1.64 bits per heavy atom. The van der Waals surface area contributed by atoms with Crippen LogP contribution in [0.2, 0.25) is 0 Å². The zero-order valence-electron chi connectivity index (χ0n) is 7.17. The van der Waals surface area contributed by atoms with E-state index in [2.05, 4.69) is 0 Å². The van der Waals surface area contributed by atoms with Gasteiger partial charge in [-0.25, -0.2) is 0 Å². The molecule has 3 rings (SSSR count). The summed E-state index contributed by atoms with van der Waals surface area (Å²) in [5, 5.41) is 0. The molecule has 0 amide bonds. The number of Topliss-reactive ketones (excluding diaryl/α,β-unsaturated/α-hetero) is 1. The van der Waals surface area contributed by atoms with Crippen molar-refractivity contribution in [2.75, 3.05) is 0 Å². The molecule has 5 atom stereocenters. The van der Waals surface area contributed by atoms with Gasteiger partial charge in [-0.2, -0.15) is 0 Å². The lowest BCUT2D eigenvalue weighted by Crippen LogP contribution is -2.49. The van der Waals surface area contributed by atoms with Crippen molar-refractivity contribution in [2.24, 2.45) is 5.41 Å². The van der Waals surface area contributed by atoms with E-state index >= 15 is 0 Å². The minimum atomic E-state index is -1.47. The van der Waals surface area contributed by atoms with Crippen LogP contribution in [0.15, 0.2) is 0 Å². The van der Waals surface area contributed by atoms with Crippen LogP contribution in [0.3, 0.4) is 0 Å². The molecule has 14 heavy (non-hydrogen) atoms. The normalized spacial score (nSPS) is 55.0. The van der Waals surface area contributed by atoms with E-state index in [0.717, 1.165) is 0 Å². The van der Waals surface area contributed by atoms with E-state index in [9.17, 15) is 4.79 Å². The summed E-state index contributed by atoms with van der Waals surface area (Å²) in [6, 6.07) is 0. The van der Waals surface area contributed by atoms with Crippen molar-refractivity contribution >= 4 is 40.6 Å². The number of carbonyl (C=O) groups excluding carboxylic acids is 1. The van der Waals surface area contributed by atoms with Crippen LogP contribution in [-0.4, -0.2) is 34.0 Å². The summed E-state index contributed by atoms with van der Waals surface area (Å²) in [5.74, 6) is -0.00766. The number of epoxide rings is 2. The fourth-order valence-corrected chi connectivity index (χ4v) is 2.86. The number of rotatable bonds is 0. The highest BCUT2D eigenvalue weighted by Gasteiger charge is 2.78. The van der Waals surface area contributed by atoms with Crippen LogP contribution in [0.4, 0.5) is 0 Å². The standard InChI is InChI=1S/C8H7Cl3O3/c1-7(8(9,10)11)5-3(13-5)2(12)4-6(7)14-4/h3-6H,1H3/t3-,4-,5-,6+,7?/m1/s1. The average Bonchev–Trinajstić information content (AvgIpc) is 2.90. The van der Waals surface area contributed by atoms with Gasteiger partial charge in [0.2, 0.25) is 3.79 Å². The Bertz CT molecular complexity index is 304. The monoisotopic (exact) mass is 256 g/mol. The first-order chi connectivity index (χ1) is 6.37. The predicted molar refractivity (Wildman–Crippen MR) is 50.7 cm³/mol. The number of carbonyl (C=O) groups is 1. The van der Waals surface area contributed by atoms with Crippen LogP contribution in [0, 0.1) is 5.41 Å². The summed E-state index contributed by atoms with van der Waals surface area (Å²) in [5.41, 5.74) is -0.707. The van der Waals surface area contributed by atoms with Crippen molar-refractivity contribution in [1.29, 1.82) is 0 Å². The molecule has 2 saturated heterocycles. The number of hydrogen-bond donors (Lipinski definition) is 0. The number of fused-ring (bicyclic) bond motifs is 2. The van der Waals surface area contributed by atoms with Crippen molar-refractivity contribution < 1.29 is 14.3 Å². The maximum absolute atomic E-state index is 11.4. The van der Waals surface area contributed by atoms with Gasteiger partial charge in [0.05, 0.1) is 5.41 Å². The molecule has 1 aliphatic carbocycles. The fourth-order valence-electron chi connectivity index (χ4n) is 2.22. The third-order valence-electron chi connectivity index (χ3n) is 3.34. The first-order valence-electron chi connectivity index (χ1n) is 4.29. The lowest BCUT2D eigenvalue weighted by atomic mass is 9.76. The van der Waals surface area contributed by atoms with Gasteiger partial charge in [-0.3, -0.25) is 4.79 Å². The quantitative estimate of drug-likeness (QED) is 0.488. The molecule has 3 fully saturated rings. The Morgan fingerprint density at radius 3 is 2.00 bits per heavy atom. The number of halogens is 3. The maximum atomic E-state index is 11.4. The number of ether oxygens (including phenoxy) is 2. The predicted octanol–water partition coefficient (Wildman–Crippen LogP) is 1.48. The van der Waals surface area contributed by atoms with Gasteiger partial charge < -0.3 is 9.47 Å². The number of ketones is 1. The molecule has 0 aromatic rings. The number of alkyl halides is 3. The van der Waals surface area contributed by atoms with E-state index in [1.54, 1.807) is 6.92 Å². The van der Waals surface area contributed by atoms with Crippen LogP contribution in [-0.2, 0) is 14.3 Å². The molecule has 78 valence electrons. The Hall–Kier alpha value is 0.460. The molecule has 0 aromatic heterocycles. The molecule has 6 heteroatoms. The van der Waals surface area contributed by atoms with Crippen LogP contribution in [0.5, 0.6) is 0 Å². The maximum Gasteiger partial charge on any atom is 0.201 e. The summed E-state index contributed by atoms with van der Waals surface area (Å²) in [7, 11) is 0. The topological polar surface area (TPSA) is 42.1 Å². The van der Waals surface area contributed by atoms with Gasteiger partial charge in [-0.15, -0.1) is 0 Å². The molecule has 1 saturated carbocycles. The molecule has 0 radical (unpaired) electrons. The van der Waals surface area contributed by atoms with Gasteiger partial charge in [-0.05, 0) is 0 Å². The molecule has 0 aromatic carbocycles. The molecular formula is C8H7Cl3O3. The van der Waals surface area contributed by atoms with Crippen molar-refractivity contribution in [1.82, 2.24) is 0 Å². The zero-order valence-corrected chi connectivity index (χ0v) is 9.44. The second-order valence-corrected chi connectivity index (χ2v) is 6.42. The Morgan fingerprint density at radius 1 is 1.21 bits per heavy atom. The summed E-state index contributed by atoms with van der Waals surface area (Å²) >= 11 is 17.7. The van der Waals surface area contributed by atoms with Gasteiger partial charge in [0.1, 0.15) is 24.4 Å². The van der Waals surface area contributed by atoms with Gasteiger partial charge in [-0.1, -0.05) is 41.7 Å². The highest BCUT2D eigenvalue weighted by Crippen LogP contribution is 2.64. The molecule has 0 bridgehead atoms. The van der Waals surface area contributed by atoms with E-state index < -0.39 is 21.4 Å². The largest absolute Gasteiger partial charge is 0.360 e. The third-order valence-corrected chi connectivity index (χ3v) is 4.56. The summed E-state index contributed by atoms with van der Waals surface area (Å²) < 4.78 is 9.03. The van der Waals surface area contributed by atoms with E-state index in [-0.39, 0.29) is 18.0 Å². The second kappa shape index (κ2) is 2.41. The molecule has 0 N–H and O–H groups in total. The van der Waals surface area contributed by atoms with E-state index in [1.807, 2.05) is 0 Å². The smallest absolute Gasteiger partial charge is 0.201 e. The minimum Gasteiger partial charge on any atom is -0.360 e. The average molecular weight is 258 g/mol. The van der Waals surface area contributed by atoms with Crippen LogP contribution in [0.25, 0.3) is 0 Å². The molecule has 0 spiro atoms. The number of hydrogen-bond acceptors (Lipinski definition) is 3. The third kappa shape index (κ3) is 0.952. The molecule has 3 aliphatic rings. The molecule has 3 nitrogen and oxygen atoms in total. The van der Waals surface area contributed by atoms with Crippen LogP contribution < -0.4 is 0 Å². The van der Waals surface area contributed by atoms with Crippen LogP contribution in [0.1, 0.15) is 6.92 Å². The van der Waals surface area contributed by atoms with Crippen molar-refractivity contribution in [3.63, 3.8) is 0 Å². The van der Waals surface area contributed by atoms with Gasteiger partial charge >= 0.3 is 0 Å². The SMILES string of the molecule is CC1(C(Cl)(Cl)Cl)[C@@H]2O[C@@H]2C(=O)[C@H]2O[C@@H]21. The van der Waals surface area contributed by atoms with E-state index in [1.165, 1.54) is 0 Å². The van der Waals surface area contributed by atoms with E-state index in [4.69, 9.17) is 44.3 Å². The second-order valence-electron chi connectivity index (χ2n) is 4.14. The minimum absolute atomic E-state index is 0.00766. The zero-order chi connectivity index (χ0) is 10.3. The van der Waals surface area contributed by atoms with Crippen molar-refractivity contribution in [3.8, 4) is 0 Å². The lowest BCUT2D eigenvalue weighted by molar-refractivity contribution is -0.121. The summed E-state index contributed by atoms with van der Waals surface area (Å²) in [4.78, 5) is 11.4.